The summed E-state index contributed by atoms with van der Waals surface area (Å²) in [6.45, 7) is 6.58. The third-order valence-electron chi connectivity index (χ3n) is 4.18. The van der Waals surface area contributed by atoms with E-state index < -0.39 is 0 Å². The van der Waals surface area contributed by atoms with Gasteiger partial charge in [0.05, 0.1) is 12.2 Å². The van der Waals surface area contributed by atoms with Crippen LogP contribution in [0.4, 0.5) is 5.69 Å². The first kappa shape index (κ1) is 17.4. The number of hydrogen-bond acceptors (Lipinski definition) is 2. The van der Waals surface area contributed by atoms with Crippen LogP contribution in [0.15, 0.2) is 66.0 Å². The van der Waals surface area contributed by atoms with Crippen LogP contribution in [0.25, 0.3) is 10.4 Å². The average molecular weight is 349 g/mol. The van der Waals surface area contributed by atoms with Crippen LogP contribution >= 0.6 is 11.3 Å². The molecular formula is C22H23NOS. The average Bonchev–Trinajstić information content (AvgIpc) is 3.11. The standard InChI is InChI=1S/C22H23NOS/c1-16(2)22(24)23(14-18-11-9-17(3)10-12-18)20-13-21(25-15-20)19-7-5-4-6-8-19/h4-13,15-16H,14H2,1-3H3. The molecule has 0 radical (unpaired) electrons. The molecule has 0 aliphatic carbocycles. The lowest BCUT2D eigenvalue weighted by atomic mass is 10.1. The van der Waals surface area contributed by atoms with Gasteiger partial charge in [0.1, 0.15) is 0 Å². The van der Waals surface area contributed by atoms with E-state index in [1.807, 2.05) is 36.9 Å². The molecular weight excluding hydrogens is 326 g/mol. The molecule has 1 heterocycles. The molecule has 0 bridgehead atoms. The van der Waals surface area contributed by atoms with Gasteiger partial charge in [0.25, 0.3) is 0 Å². The predicted octanol–water partition coefficient (Wildman–Crippen LogP) is 5.91. The topological polar surface area (TPSA) is 20.3 Å². The number of carbonyl (C=O) groups excluding carboxylic acids is 1. The maximum absolute atomic E-state index is 12.8. The molecule has 0 N–H and O–H groups in total. The Kier molecular flexibility index (Phi) is 5.34. The second-order valence-corrected chi connectivity index (χ2v) is 7.51. The number of anilines is 1. The summed E-state index contributed by atoms with van der Waals surface area (Å²) in [5.74, 6) is 0.114. The molecule has 0 spiro atoms. The van der Waals surface area contributed by atoms with E-state index in [0.717, 1.165) is 11.3 Å². The molecule has 128 valence electrons. The van der Waals surface area contributed by atoms with Crippen molar-refractivity contribution in [3.8, 4) is 10.4 Å². The molecule has 0 unspecified atom stereocenters. The monoisotopic (exact) mass is 349 g/mol. The third kappa shape index (κ3) is 4.18. The lowest BCUT2D eigenvalue weighted by Crippen LogP contribution is -2.33. The van der Waals surface area contributed by atoms with E-state index in [1.165, 1.54) is 16.0 Å². The van der Waals surface area contributed by atoms with Crippen molar-refractivity contribution in [1.82, 2.24) is 0 Å². The van der Waals surface area contributed by atoms with Crippen LogP contribution in [0, 0.1) is 12.8 Å². The van der Waals surface area contributed by atoms with Gasteiger partial charge >= 0.3 is 0 Å². The fourth-order valence-electron chi connectivity index (χ4n) is 2.71. The van der Waals surface area contributed by atoms with E-state index in [2.05, 4.69) is 54.8 Å². The molecule has 0 saturated heterocycles. The summed E-state index contributed by atoms with van der Waals surface area (Å²) < 4.78 is 0. The van der Waals surface area contributed by atoms with Crippen molar-refractivity contribution in [2.24, 2.45) is 5.92 Å². The number of thiophene rings is 1. The second kappa shape index (κ2) is 7.66. The fourth-order valence-corrected chi connectivity index (χ4v) is 3.61. The Hall–Kier alpha value is -2.39. The number of amides is 1. The molecule has 0 fully saturated rings. The van der Waals surface area contributed by atoms with Crippen molar-refractivity contribution in [3.05, 3.63) is 77.2 Å². The summed E-state index contributed by atoms with van der Waals surface area (Å²) in [6, 6.07) is 20.8. The molecule has 0 saturated carbocycles. The molecule has 0 aliphatic heterocycles. The quantitative estimate of drug-likeness (QED) is 0.560. The van der Waals surface area contributed by atoms with Gasteiger partial charge in [0.15, 0.2) is 0 Å². The first-order valence-corrected chi connectivity index (χ1v) is 9.43. The molecule has 25 heavy (non-hydrogen) atoms. The van der Waals surface area contributed by atoms with Crippen LogP contribution in [0.3, 0.4) is 0 Å². The molecule has 2 nitrogen and oxygen atoms in total. The Labute approximate surface area is 153 Å². The fraction of sp³-hybridized carbons (Fsp3) is 0.227. The Bertz CT molecular complexity index is 834. The minimum absolute atomic E-state index is 0.0366. The number of aryl methyl sites for hydroxylation is 1. The number of nitrogens with zero attached hydrogens (tertiary/aromatic N) is 1. The van der Waals surface area contributed by atoms with E-state index >= 15 is 0 Å². The Morgan fingerprint density at radius 1 is 1.04 bits per heavy atom. The molecule has 3 heteroatoms. The Morgan fingerprint density at radius 3 is 2.36 bits per heavy atom. The van der Waals surface area contributed by atoms with E-state index in [4.69, 9.17) is 0 Å². The SMILES string of the molecule is Cc1ccc(CN(C(=O)C(C)C)c2csc(-c3ccccc3)c2)cc1. The summed E-state index contributed by atoms with van der Waals surface area (Å²) >= 11 is 1.68. The molecule has 3 aromatic rings. The number of carbonyl (C=O) groups is 1. The van der Waals surface area contributed by atoms with Crippen LogP contribution < -0.4 is 4.90 Å². The van der Waals surface area contributed by atoms with E-state index in [9.17, 15) is 4.79 Å². The Morgan fingerprint density at radius 2 is 1.72 bits per heavy atom. The maximum Gasteiger partial charge on any atom is 0.229 e. The third-order valence-corrected chi connectivity index (χ3v) is 5.14. The van der Waals surface area contributed by atoms with Gasteiger partial charge < -0.3 is 4.90 Å². The second-order valence-electron chi connectivity index (χ2n) is 6.60. The van der Waals surface area contributed by atoms with Crippen LogP contribution in [0.2, 0.25) is 0 Å². The van der Waals surface area contributed by atoms with Crippen molar-refractivity contribution in [2.45, 2.75) is 27.3 Å². The van der Waals surface area contributed by atoms with E-state index in [0.29, 0.717) is 6.54 Å². The summed E-state index contributed by atoms with van der Waals surface area (Å²) in [5.41, 5.74) is 4.54. The normalized spacial score (nSPS) is 10.9. The van der Waals surface area contributed by atoms with Crippen molar-refractivity contribution in [3.63, 3.8) is 0 Å². The van der Waals surface area contributed by atoms with Crippen molar-refractivity contribution in [1.29, 1.82) is 0 Å². The number of rotatable bonds is 5. The van der Waals surface area contributed by atoms with Crippen molar-refractivity contribution in [2.75, 3.05) is 4.90 Å². The van der Waals surface area contributed by atoms with Gasteiger partial charge in [-0.1, -0.05) is 74.0 Å². The van der Waals surface area contributed by atoms with Gasteiger partial charge in [-0.25, -0.2) is 0 Å². The van der Waals surface area contributed by atoms with Crippen LogP contribution in [0.5, 0.6) is 0 Å². The largest absolute Gasteiger partial charge is 0.307 e. The van der Waals surface area contributed by atoms with Gasteiger partial charge in [0, 0.05) is 16.2 Å². The molecule has 2 aromatic carbocycles. The van der Waals surface area contributed by atoms with Gasteiger partial charge in [-0.3, -0.25) is 4.79 Å². The van der Waals surface area contributed by atoms with Gasteiger partial charge in [0.2, 0.25) is 5.91 Å². The minimum atomic E-state index is -0.0366. The zero-order valence-corrected chi connectivity index (χ0v) is 15.7. The zero-order chi connectivity index (χ0) is 17.8. The van der Waals surface area contributed by atoms with Gasteiger partial charge in [-0.05, 0) is 24.1 Å². The van der Waals surface area contributed by atoms with E-state index in [1.54, 1.807) is 11.3 Å². The highest BCUT2D eigenvalue weighted by Crippen LogP contribution is 2.33. The summed E-state index contributed by atoms with van der Waals surface area (Å²) in [4.78, 5) is 15.9. The molecule has 3 rings (SSSR count). The molecule has 0 atom stereocenters. The van der Waals surface area contributed by atoms with Crippen LogP contribution in [-0.4, -0.2) is 5.91 Å². The molecule has 1 aromatic heterocycles. The predicted molar refractivity (Wildman–Crippen MR) is 107 cm³/mol. The van der Waals surface area contributed by atoms with Crippen LogP contribution in [0.1, 0.15) is 25.0 Å². The lowest BCUT2D eigenvalue weighted by molar-refractivity contribution is -0.121. The number of hydrogen-bond donors (Lipinski definition) is 0. The van der Waals surface area contributed by atoms with Crippen molar-refractivity contribution < 1.29 is 4.79 Å². The molecule has 1 amide bonds. The smallest absolute Gasteiger partial charge is 0.229 e. The highest BCUT2D eigenvalue weighted by molar-refractivity contribution is 7.14. The zero-order valence-electron chi connectivity index (χ0n) is 14.9. The first-order chi connectivity index (χ1) is 12.0. The lowest BCUT2D eigenvalue weighted by Gasteiger charge is -2.23. The van der Waals surface area contributed by atoms with Crippen molar-refractivity contribution >= 4 is 22.9 Å². The highest BCUT2D eigenvalue weighted by Gasteiger charge is 2.20. The van der Waals surface area contributed by atoms with Crippen LogP contribution in [-0.2, 0) is 11.3 Å². The Balaban J connectivity index is 1.91. The highest BCUT2D eigenvalue weighted by atomic mass is 32.1. The summed E-state index contributed by atoms with van der Waals surface area (Å²) in [7, 11) is 0. The first-order valence-electron chi connectivity index (χ1n) is 8.55. The van der Waals surface area contributed by atoms with Gasteiger partial charge in [-0.2, -0.15) is 0 Å². The minimum Gasteiger partial charge on any atom is -0.307 e. The van der Waals surface area contributed by atoms with Gasteiger partial charge in [-0.15, -0.1) is 11.3 Å². The molecule has 0 aliphatic rings. The number of benzene rings is 2. The van der Waals surface area contributed by atoms with E-state index in [-0.39, 0.29) is 11.8 Å². The maximum atomic E-state index is 12.8. The summed E-state index contributed by atoms with van der Waals surface area (Å²) in [5, 5.41) is 2.08. The summed E-state index contributed by atoms with van der Waals surface area (Å²) in [6.07, 6.45) is 0.